The largest absolute Gasteiger partial charge is 0.372 e. The Morgan fingerprint density at radius 3 is 2.71 bits per heavy atom. The molecule has 0 aliphatic carbocycles. The molecule has 2 aromatic rings. The fourth-order valence-electron chi connectivity index (χ4n) is 1.99. The highest BCUT2D eigenvalue weighted by molar-refractivity contribution is 9.10. The topological polar surface area (TPSA) is 54.0 Å². The van der Waals surface area contributed by atoms with Gasteiger partial charge in [-0.25, -0.2) is 4.98 Å². The van der Waals surface area contributed by atoms with Crippen molar-refractivity contribution < 1.29 is 4.79 Å². The summed E-state index contributed by atoms with van der Waals surface area (Å²) in [4.78, 5) is 16.6. The number of hydrogen-bond acceptors (Lipinski definition) is 3. The van der Waals surface area contributed by atoms with Crippen LogP contribution in [0.2, 0.25) is 0 Å². The van der Waals surface area contributed by atoms with Gasteiger partial charge in [-0.1, -0.05) is 26.0 Å². The third-order valence-corrected chi connectivity index (χ3v) is 3.58. The molecule has 1 heterocycles. The van der Waals surface area contributed by atoms with Crippen molar-refractivity contribution in [2.75, 3.05) is 17.7 Å². The van der Waals surface area contributed by atoms with Crippen LogP contribution in [0.1, 0.15) is 35.7 Å². The Hall–Kier alpha value is -1.88. The molecule has 1 amide bonds. The molecule has 2 N–H and O–H groups in total. The molecule has 1 aromatic carbocycles. The van der Waals surface area contributed by atoms with E-state index in [4.69, 9.17) is 0 Å². The van der Waals surface area contributed by atoms with Gasteiger partial charge in [-0.15, -0.1) is 0 Å². The number of benzene rings is 1. The van der Waals surface area contributed by atoms with Gasteiger partial charge >= 0.3 is 0 Å². The van der Waals surface area contributed by atoms with E-state index in [0.717, 1.165) is 10.2 Å². The summed E-state index contributed by atoms with van der Waals surface area (Å²) in [6.07, 6.45) is 1.65. The molecule has 4 nitrogen and oxygen atoms in total. The van der Waals surface area contributed by atoms with Gasteiger partial charge in [-0.3, -0.25) is 4.79 Å². The number of nitrogens with one attached hydrogen (secondary N) is 2. The van der Waals surface area contributed by atoms with E-state index in [-0.39, 0.29) is 5.91 Å². The van der Waals surface area contributed by atoms with E-state index < -0.39 is 0 Å². The van der Waals surface area contributed by atoms with Crippen molar-refractivity contribution in [2.24, 2.45) is 0 Å². The van der Waals surface area contributed by atoms with Crippen LogP contribution in [0.25, 0.3) is 0 Å². The van der Waals surface area contributed by atoms with E-state index in [1.165, 1.54) is 5.56 Å². The standard InChI is InChI=1S/C16H18BrN3O/c1-10(2)11-5-4-6-13(7-11)20-16(21)14-8-12(17)9-19-15(14)18-3/h4-10H,1-3H3,(H,18,19)(H,20,21). The SMILES string of the molecule is CNc1ncc(Br)cc1C(=O)Nc1cccc(C(C)C)c1. The molecular formula is C16H18BrN3O. The maximum absolute atomic E-state index is 12.4. The number of hydrogen-bond donors (Lipinski definition) is 2. The Morgan fingerprint density at radius 1 is 1.29 bits per heavy atom. The lowest BCUT2D eigenvalue weighted by Crippen LogP contribution is -2.15. The monoisotopic (exact) mass is 347 g/mol. The van der Waals surface area contributed by atoms with Crippen LogP contribution in [0.3, 0.4) is 0 Å². The highest BCUT2D eigenvalue weighted by atomic mass is 79.9. The lowest BCUT2D eigenvalue weighted by atomic mass is 10.0. The first kappa shape index (κ1) is 15.5. The molecule has 0 spiro atoms. The molecule has 0 atom stereocenters. The third kappa shape index (κ3) is 3.82. The van der Waals surface area contributed by atoms with Crippen molar-refractivity contribution in [1.29, 1.82) is 0 Å². The van der Waals surface area contributed by atoms with Crippen LogP contribution in [0, 0.1) is 0 Å². The third-order valence-electron chi connectivity index (χ3n) is 3.15. The van der Waals surface area contributed by atoms with Crippen LogP contribution in [-0.4, -0.2) is 17.9 Å². The summed E-state index contributed by atoms with van der Waals surface area (Å²) in [5.41, 5.74) is 2.48. The summed E-state index contributed by atoms with van der Waals surface area (Å²) in [6.45, 7) is 4.25. The van der Waals surface area contributed by atoms with Gasteiger partial charge in [0, 0.05) is 23.4 Å². The van der Waals surface area contributed by atoms with Crippen molar-refractivity contribution in [1.82, 2.24) is 4.98 Å². The number of pyridine rings is 1. The minimum atomic E-state index is -0.186. The Kier molecular flexibility index (Phi) is 4.96. The zero-order valence-corrected chi connectivity index (χ0v) is 13.9. The number of halogens is 1. The fourth-order valence-corrected chi connectivity index (χ4v) is 2.32. The Morgan fingerprint density at radius 2 is 2.05 bits per heavy atom. The van der Waals surface area contributed by atoms with Crippen molar-refractivity contribution in [2.45, 2.75) is 19.8 Å². The number of rotatable bonds is 4. The molecule has 21 heavy (non-hydrogen) atoms. The first-order valence-electron chi connectivity index (χ1n) is 6.76. The molecule has 110 valence electrons. The number of anilines is 2. The molecule has 0 saturated carbocycles. The van der Waals surface area contributed by atoms with Crippen LogP contribution in [0.15, 0.2) is 41.0 Å². The van der Waals surface area contributed by atoms with E-state index in [0.29, 0.717) is 17.3 Å². The molecule has 5 heteroatoms. The zero-order valence-electron chi connectivity index (χ0n) is 12.3. The van der Waals surface area contributed by atoms with E-state index in [2.05, 4.69) is 51.5 Å². The van der Waals surface area contributed by atoms with Crippen LogP contribution < -0.4 is 10.6 Å². The normalized spacial score (nSPS) is 10.5. The van der Waals surface area contributed by atoms with E-state index in [1.54, 1.807) is 19.3 Å². The molecule has 0 aliphatic rings. The van der Waals surface area contributed by atoms with E-state index in [1.807, 2.05) is 18.2 Å². The van der Waals surface area contributed by atoms with Crippen molar-refractivity contribution in [3.8, 4) is 0 Å². The van der Waals surface area contributed by atoms with Crippen LogP contribution in [0.5, 0.6) is 0 Å². The quantitative estimate of drug-likeness (QED) is 0.868. The molecule has 1 aromatic heterocycles. The van der Waals surface area contributed by atoms with Gasteiger partial charge in [0.1, 0.15) is 5.82 Å². The summed E-state index contributed by atoms with van der Waals surface area (Å²) in [5.74, 6) is 0.784. The second kappa shape index (κ2) is 6.72. The number of aromatic nitrogens is 1. The van der Waals surface area contributed by atoms with E-state index >= 15 is 0 Å². The molecule has 0 aliphatic heterocycles. The molecule has 0 saturated heterocycles. The van der Waals surface area contributed by atoms with Gasteiger partial charge < -0.3 is 10.6 Å². The predicted molar refractivity (Wildman–Crippen MR) is 90.0 cm³/mol. The smallest absolute Gasteiger partial charge is 0.259 e. The summed E-state index contributed by atoms with van der Waals surface area (Å²) in [5, 5.41) is 5.84. The van der Waals surface area contributed by atoms with Crippen molar-refractivity contribution in [3.63, 3.8) is 0 Å². The highest BCUT2D eigenvalue weighted by Crippen LogP contribution is 2.21. The molecule has 0 radical (unpaired) electrons. The molecule has 0 bridgehead atoms. The number of nitrogens with zero attached hydrogens (tertiary/aromatic N) is 1. The first-order chi connectivity index (χ1) is 10.0. The number of carbonyl (C=O) groups excluding carboxylic acids is 1. The van der Waals surface area contributed by atoms with Crippen LogP contribution in [0.4, 0.5) is 11.5 Å². The second-order valence-electron chi connectivity index (χ2n) is 5.03. The van der Waals surface area contributed by atoms with Gasteiger partial charge in [0.25, 0.3) is 5.91 Å². The fraction of sp³-hybridized carbons (Fsp3) is 0.250. The Bertz CT molecular complexity index is 656. The molecular weight excluding hydrogens is 330 g/mol. The summed E-state index contributed by atoms with van der Waals surface area (Å²) >= 11 is 3.34. The Balaban J connectivity index is 2.26. The Labute approximate surface area is 133 Å². The van der Waals surface area contributed by atoms with E-state index in [9.17, 15) is 4.79 Å². The number of carbonyl (C=O) groups is 1. The summed E-state index contributed by atoms with van der Waals surface area (Å²) in [6, 6.07) is 9.63. The average Bonchev–Trinajstić information content (AvgIpc) is 2.47. The minimum Gasteiger partial charge on any atom is -0.372 e. The number of amides is 1. The van der Waals surface area contributed by atoms with Crippen LogP contribution in [-0.2, 0) is 0 Å². The van der Waals surface area contributed by atoms with Gasteiger partial charge in [-0.2, -0.15) is 0 Å². The van der Waals surface area contributed by atoms with Crippen molar-refractivity contribution >= 4 is 33.3 Å². The first-order valence-corrected chi connectivity index (χ1v) is 7.55. The molecule has 0 fully saturated rings. The molecule has 2 rings (SSSR count). The zero-order chi connectivity index (χ0) is 15.4. The lowest BCUT2D eigenvalue weighted by Gasteiger charge is -2.11. The predicted octanol–water partition coefficient (Wildman–Crippen LogP) is 4.26. The molecule has 0 unspecified atom stereocenters. The van der Waals surface area contributed by atoms with Crippen molar-refractivity contribution in [3.05, 3.63) is 52.1 Å². The van der Waals surface area contributed by atoms with Gasteiger partial charge in [-0.05, 0) is 45.6 Å². The van der Waals surface area contributed by atoms with Gasteiger partial charge in [0.2, 0.25) is 0 Å². The second-order valence-corrected chi connectivity index (χ2v) is 5.95. The maximum Gasteiger partial charge on any atom is 0.259 e. The average molecular weight is 348 g/mol. The van der Waals surface area contributed by atoms with Gasteiger partial charge in [0.05, 0.1) is 5.56 Å². The maximum atomic E-state index is 12.4. The van der Waals surface area contributed by atoms with Crippen LogP contribution >= 0.6 is 15.9 Å². The van der Waals surface area contributed by atoms with Gasteiger partial charge in [0.15, 0.2) is 0 Å². The summed E-state index contributed by atoms with van der Waals surface area (Å²) in [7, 11) is 1.74. The minimum absolute atomic E-state index is 0.186. The highest BCUT2D eigenvalue weighted by Gasteiger charge is 2.13. The lowest BCUT2D eigenvalue weighted by molar-refractivity contribution is 0.102. The summed E-state index contributed by atoms with van der Waals surface area (Å²) < 4.78 is 0.766.